The smallest absolute Gasteiger partial charge is 0.176 e. The molecule has 0 bridgehead atoms. The van der Waals surface area contributed by atoms with Crippen LogP contribution in [0.3, 0.4) is 0 Å². The van der Waals surface area contributed by atoms with Gasteiger partial charge >= 0.3 is 0 Å². The first-order valence-corrected chi connectivity index (χ1v) is 5.40. The second-order valence-corrected chi connectivity index (χ2v) is 4.09. The first-order chi connectivity index (χ1) is 8.27. The monoisotopic (exact) mass is 226 g/mol. The van der Waals surface area contributed by atoms with Gasteiger partial charge in [0, 0.05) is 30.1 Å². The van der Waals surface area contributed by atoms with Gasteiger partial charge in [-0.2, -0.15) is 0 Å². The molecule has 1 aliphatic carbocycles. The predicted octanol–water partition coefficient (Wildman–Crippen LogP) is 1.58. The molecular formula is C13H10N2O2. The summed E-state index contributed by atoms with van der Waals surface area (Å²) in [7, 11) is 0. The molecule has 0 atom stereocenters. The van der Waals surface area contributed by atoms with Crippen molar-refractivity contribution in [1.82, 2.24) is 9.55 Å². The molecule has 2 aromatic rings. The Balaban J connectivity index is 1.95. The number of aromatic nitrogens is 2. The van der Waals surface area contributed by atoms with Crippen LogP contribution in [0.1, 0.15) is 20.7 Å². The van der Waals surface area contributed by atoms with Crippen LogP contribution >= 0.6 is 0 Å². The molecule has 3 rings (SSSR count). The molecule has 0 spiro atoms. The summed E-state index contributed by atoms with van der Waals surface area (Å²) in [5, 5.41) is 0. The highest BCUT2D eigenvalue weighted by molar-refractivity contribution is 6.26. The van der Waals surface area contributed by atoms with E-state index in [1.54, 1.807) is 47.6 Å². The maximum atomic E-state index is 12.1. The maximum Gasteiger partial charge on any atom is 0.176 e. The van der Waals surface area contributed by atoms with Crippen LogP contribution < -0.4 is 0 Å². The number of benzene rings is 1. The number of Topliss-reactive ketones (excluding diaryl/α,β-unsaturated/α-hetero) is 2. The van der Waals surface area contributed by atoms with Gasteiger partial charge in [0.2, 0.25) is 0 Å². The fourth-order valence-electron chi connectivity index (χ4n) is 2.18. The van der Waals surface area contributed by atoms with Gasteiger partial charge in [0.15, 0.2) is 11.6 Å². The van der Waals surface area contributed by atoms with Crippen molar-refractivity contribution < 1.29 is 9.59 Å². The van der Waals surface area contributed by atoms with Gasteiger partial charge in [-0.05, 0) is 0 Å². The van der Waals surface area contributed by atoms with Crippen LogP contribution in [-0.4, -0.2) is 21.1 Å². The van der Waals surface area contributed by atoms with Crippen LogP contribution in [0.25, 0.3) is 0 Å². The molecule has 4 heteroatoms. The highest BCUT2D eigenvalue weighted by atomic mass is 16.2. The highest BCUT2D eigenvalue weighted by Gasteiger charge is 2.38. The Morgan fingerprint density at radius 1 is 1.12 bits per heavy atom. The van der Waals surface area contributed by atoms with Crippen molar-refractivity contribution in [2.45, 2.75) is 6.54 Å². The molecule has 0 aliphatic heterocycles. The third kappa shape index (κ3) is 1.49. The van der Waals surface area contributed by atoms with Gasteiger partial charge in [0.1, 0.15) is 5.92 Å². The number of hydrogen-bond donors (Lipinski definition) is 0. The molecule has 0 unspecified atom stereocenters. The summed E-state index contributed by atoms with van der Waals surface area (Å²) in [6, 6.07) is 6.99. The average molecular weight is 226 g/mol. The summed E-state index contributed by atoms with van der Waals surface area (Å²) in [5.74, 6) is -0.764. The summed E-state index contributed by atoms with van der Waals surface area (Å²) >= 11 is 0. The van der Waals surface area contributed by atoms with E-state index in [9.17, 15) is 9.59 Å². The Labute approximate surface area is 97.9 Å². The van der Waals surface area contributed by atoms with Crippen LogP contribution in [0.4, 0.5) is 0 Å². The van der Waals surface area contributed by atoms with E-state index in [1.807, 2.05) is 0 Å². The number of nitrogens with zero attached hydrogens (tertiary/aromatic N) is 2. The average Bonchev–Trinajstić information content (AvgIpc) is 2.94. The summed E-state index contributed by atoms with van der Waals surface area (Å²) in [5.41, 5.74) is 1.09. The molecule has 4 nitrogen and oxygen atoms in total. The lowest BCUT2D eigenvalue weighted by atomic mass is 10.0. The van der Waals surface area contributed by atoms with E-state index >= 15 is 0 Å². The number of ketones is 2. The fourth-order valence-corrected chi connectivity index (χ4v) is 2.18. The Kier molecular flexibility index (Phi) is 2.14. The third-order valence-corrected chi connectivity index (χ3v) is 3.04. The normalized spacial score (nSPS) is 15.3. The van der Waals surface area contributed by atoms with Gasteiger partial charge in [-0.1, -0.05) is 24.3 Å². The molecule has 0 saturated carbocycles. The Morgan fingerprint density at radius 2 is 1.76 bits per heavy atom. The van der Waals surface area contributed by atoms with Crippen LogP contribution in [0.15, 0.2) is 43.0 Å². The van der Waals surface area contributed by atoms with Gasteiger partial charge in [-0.15, -0.1) is 0 Å². The zero-order chi connectivity index (χ0) is 11.8. The van der Waals surface area contributed by atoms with E-state index in [-0.39, 0.29) is 11.6 Å². The lowest BCUT2D eigenvalue weighted by Crippen LogP contribution is -2.20. The fraction of sp³-hybridized carbons (Fsp3) is 0.154. The minimum Gasteiger partial charge on any atom is -0.336 e. The maximum absolute atomic E-state index is 12.1. The standard InChI is InChI=1S/C13H10N2O2/c16-12-9-3-1-2-4-10(9)13(17)11(12)7-15-6-5-14-8-15/h1-6,8,11H,7H2. The van der Waals surface area contributed by atoms with E-state index in [2.05, 4.69) is 4.98 Å². The van der Waals surface area contributed by atoms with E-state index < -0.39 is 5.92 Å². The number of imidazole rings is 1. The van der Waals surface area contributed by atoms with Crippen molar-refractivity contribution in [1.29, 1.82) is 0 Å². The highest BCUT2D eigenvalue weighted by Crippen LogP contribution is 2.27. The van der Waals surface area contributed by atoms with Crippen LogP contribution in [0.5, 0.6) is 0 Å². The van der Waals surface area contributed by atoms with Gasteiger partial charge in [-0.3, -0.25) is 9.59 Å². The van der Waals surface area contributed by atoms with Crippen molar-refractivity contribution in [2.75, 3.05) is 0 Å². The quantitative estimate of drug-likeness (QED) is 0.730. The number of carbonyl (C=O) groups is 2. The number of rotatable bonds is 2. The SMILES string of the molecule is O=C1c2ccccc2C(=O)C1Cn1ccnc1. The minimum absolute atomic E-state index is 0.0840. The second kappa shape index (κ2) is 3.66. The third-order valence-electron chi connectivity index (χ3n) is 3.04. The van der Waals surface area contributed by atoms with Crippen LogP contribution in [0.2, 0.25) is 0 Å². The molecule has 0 fully saturated rings. The van der Waals surface area contributed by atoms with Crippen LogP contribution in [0, 0.1) is 5.92 Å². The summed E-state index contributed by atoms with van der Waals surface area (Å²) in [6.45, 7) is 0.367. The number of fused-ring (bicyclic) bond motifs is 1. The van der Waals surface area contributed by atoms with Crippen molar-refractivity contribution in [2.24, 2.45) is 5.92 Å². The molecular weight excluding hydrogens is 216 g/mol. The molecule has 1 aromatic heterocycles. The largest absolute Gasteiger partial charge is 0.336 e. The first-order valence-electron chi connectivity index (χ1n) is 5.40. The van der Waals surface area contributed by atoms with Gasteiger partial charge in [0.05, 0.1) is 6.33 Å². The zero-order valence-electron chi connectivity index (χ0n) is 9.04. The van der Waals surface area contributed by atoms with E-state index in [4.69, 9.17) is 0 Å². The number of carbonyl (C=O) groups excluding carboxylic acids is 2. The zero-order valence-corrected chi connectivity index (χ0v) is 9.04. The van der Waals surface area contributed by atoms with E-state index in [0.717, 1.165) is 0 Å². The van der Waals surface area contributed by atoms with Crippen LogP contribution in [-0.2, 0) is 6.54 Å². The van der Waals surface area contributed by atoms with Crippen molar-refractivity contribution in [3.8, 4) is 0 Å². The van der Waals surface area contributed by atoms with Crippen molar-refractivity contribution in [3.63, 3.8) is 0 Å². The topological polar surface area (TPSA) is 52.0 Å². The lowest BCUT2D eigenvalue weighted by molar-refractivity contribution is 0.0824. The number of hydrogen-bond acceptors (Lipinski definition) is 3. The van der Waals surface area contributed by atoms with Crippen molar-refractivity contribution >= 4 is 11.6 Å². The summed E-state index contributed by atoms with van der Waals surface area (Å²) < 4.78 is 1.76. The molecule has 1 heterocycles. The Hall–Kier alpha value is -2.23. The molecule has 1 aliphatic rings. The molecule has 0 N–H and O–H groups in total. The predicted molar refractivity (Wildman–Crippen MR) is 60.8 cm³/mol. The van der Waals surface area contributed by atoms with E-state index in [1.165, 1.54) is 0 Å². The molecule has 1 aromatic carbocycles. The molecule has 84 valence electrons. The molecule has 0 radical (unpaired) electrons. The molecule has 17 heavy (non-hydrogen) atoms. The lowest BCUT2D eigenvalue weighted by Gasteiger charge is -2.06. The Morgan fingerprint density at radius 3 is 2.29 bits per heavy atom. The minimum atomic E-state index is -0.596. The van der Waals surface area contributed by atoms with Gasteiger partial charge in [0.25, 0.3) is 0 Å². The summed E-state index contributed by atoms with van der Waals surface area (Å²) in [6.07, 6.45) is 5.00. The van der Waals surface area contributed by atoms with Gasteiger partial charge < -0.3 is 4.57 Å². The first kappa shape index (κ1) is 9.96. The Bertz CT molecular complexity index is 552. The van der Waals surface area contributed by atoms with Crippen molar-refractivity contribution in [3.05, 3.63) is 54.1 Å². The van der Waals surface area contributed by atoms with E-state index in [0.29, 0.717) is 17.7 Å². The molecule has 0 amide bonds. The molecule has 0 saturated heterocycles. The van der Waals surface area contributed by atoms with Gasteiger partial charge in [-0.25, -0.2) is 4.98 Å². The summed E-state index contributed by atoms with van der Waals surface area (Å²) in [4.78, 5) is 28.1. The second-order valence-electron chi connectivity index (χ2n) is 4.09.